The molecule has 2 aromatic heterocycles. The van der Waals surface area contributed by atoms with Gasteiger partial charge in [0.2, 0.25) is 0 Å². The fourth-order valence-corrected chi connectivity index (χ4v) is 4.58. The number of fused-ring (bicyclic) bond motifs is 1. The normalized spacial score (nSPS) is 12.2. The lowest BCUT2D eigenvalue weighted by molar-refractivity contribution is -0.143. The lowest BCUT2D eigenvalue weighted by atomic mass is 10.0. The van der Waals surface area contributed by atoms with Crippen LogP contribution in [0.2, 0.25) is 5.02 Å². The maximum Gasteiger partial charge on any atom is 0.417 e. The van der Waals surface area contributed by atoms with Gasteiger partial charge < -0.3 is 16.0 Å². The number of anilines is 3. The number of nitrogens with one attached hydrogen (secondary N) is 3. The molecule has 5 aromatic rings. The number of imidazole rings is 1. The van der Waals surface area contributed by atoms with Crippen LogP contribution in [0.25, 0.3) is 16.9 Å². The lowest BCUT2D eigenvalue weighted by Crippen LogP contribution is -2.20. The number of rotatable bonds is 5. The molecule has 0 radical (unpaired) electrons. The fourth-order valence-electron chi connectivity index (χ4n) is 4.36. The summed E-state index contributed by atoms with van der Waals surface area (Å²) < 4.78 is 120. The number of hydrogen-bond donors (Lipinski definition) is 3. The molecule has 5 rings (SSSR count). The van der Waals surface area contributed by atoms with E-state index in [1.54, 1.807) is 6.07 Å². The Hall–Kier alpha value is -5.32. The van der Waals surface area contributed by atoms with E-state index in [9.17, 15) is 49.1 Å². The fraction of sp³-hybridized carbons (Fsp3) is 0.103. The van der Waals surface area contributed by atoms with Gasteiger partial charge in [-0.25, -0.2) is 14.8 Å². The van der Waals surface area contributed by atoms with E-state index < -0.39 is 57.7 Å². The smallest absolute Gasteiger partial charge is 0.308 e. The zero-order valence-corrected chi connectivity index (χ0v) is 23.7. The number of urea groups is 1. The highest BCUT2D eigenvalue weighted by Gasteiger charge is 2.38. The highest BCUT2D eigenvalue weighted by atomic mass is 35.5. The zero-order valence-electron chi connectivity index (χ0n) is 22.9. The number of benzene rings is 3. The van der Waals surface area contributed by atoms with Gasteiger partial charge >= 0.3 is 24.6 Å². The Morgan fingerprint density at radius 3 is 1.98 bits per heavy atom. The largest absolute Gasteiger partial charge is 0.417 e. The van der Waals surface area contributed by atoms with Gasteiger partial charge in [-0.15, -0.1) is 0 Å². The Labute approximate surface area is 262 Å². The van der Waals surface area contributed by atoms with Gasteiger partial charge in [0.25, 0.3) is 5.91 Å². The van der Waals surface area contributed by atoms with Crippen molar-refractivity contribution in [2.75, 3.05) is 16.0 Å². The van der Waals surface area contributed by atoms with Crippen molar-refractivity contribution in [1.29, 1.82) is 0 Å². The van der Waals surface area contributed by atoms with Crippen LogP contribution < -0.4 is 16.0 Å². The van der Waals surface area contributed by atoms with Gasteiger partial charge in [-0.05, 0) is 48.5 Å². The molecule has 244 valence electrons. The quantitative estimate of drug-likeness (QED) is 0.161. The molecule has 3 aromatic carbocycles. The van der Waals surface area contributed by atoms with Gasteiger partial charge in [0, 0.05) is 34.9 Å². The minimum Gasteiger partial charge on any atom is -0.308 e. The maximum atomic E-state index is 13.3. The van der Waals surface area contributed by atoms with Crippen molar-refractivity contribution in [2.24, 2.45) is 0 Å². The van der Waals surface area contributed by atoms with E-state index in [2.05, 4.69) is 25.9 Å². The molecule has 0 aliphatic carbocycles. The highest BCUT2D eigenvalue weighted by Crippen LogP contribution is 2.38. The minimum absolute atomic E-state index is 0.0295. The Morgan fingerprint density at radius 1 is 0.723 bits per heavy atom. The van der Waals surface area contributed by atoms with Crippen LogP contribution in [0.4, 0.5) is 61.5 Å². The molecule has 0 saturated carbocycles. The molecule has 0 atom stereocenters. The number of aromatic nitrogens is 3. The number of halogens is 10. The first-order valence-electron chi connectivity index (χ1n) is 12.9. The van der Waals surface area contributed by atoms with Crippen molar-refractivity contribution in [3.05, 3.63) is 107 Å². The monoisotopic (exact) mass is 686 g/mol. The standard InChI is InChI=1S/C29H16ClF9N6O2/c30-21-5-4-19(12-20(21)29(37,38)39)43-26(47)42-18-3-1-2-14(10-18)22-13-41-24-23(40-6-7-45(22)24)44-25(46)15-8-16(27(31,32)33)11-17(9-15)28(34,35)36/h1-13H,(H,40,44,46)(H2,42,43,47). The van der Waals surface area contributed by atoms with Crippen molar-refractivity contribution in [1.82, 2.24) is 14.4 Å². The second kappa shape index (κ2) is 12.1. The molecule has 2 heterocycles. The van der Waals surface area contributed by atoms with Crippen molar-refractivity contribution in [3.63, 3.8) is 0 Å². The molecular weight excluding hydrogens is 671 g/mol. The summed E-state index contributed by atoms with van der Waals surface area (Å²) in [7, 11) is 0. The van der Waals surface area contributed by atoms with E-state index in [0.29, 0.717) is 17.3 Å². The van der Waals surface area contributed by atoms with Crippen LogP contribution >= 0.6 is 11.6 Å². The maximum absolute atomic E-state index is 13.3. The topological polar surface area (TPSA) is 100 Å². The van der Waals surface area contributed by atoms with E-state index in [1.807, 2.05) is 0 Å². The number of amides is 3. The molecule has 47 heavy (non-hydrogen) atoms. The third kappa shape index (κ3) is 7.40. The van der Waals surface area contributed by atoms with Crippen molar-refractivity contribution in [3.8, 4) is 11.3 Å². The third-order valence-corrected chi connectivity index (χ3v) is 6.79. The average Bonchev–Trinajstić information content (AvgIpc) is 3.42. The number of carbonyl (C=O) groups is 2. The van der Waals surface area contributed by atoms with E-state index in [1.165, 1.54) is 47.3 Å². The van der Waals surface area contributed by atoms with Crippen molar-refractivity contribution in [2.45, 2.75) is 18.5 Å². The summed E-state index contributed by atoms with van der Waals surface area (Å²) in [6.45, 7) is 0. The molecule has 0 fully saturated rings. The molecule has 0 spiro atoms. The summed E-state index contributed by atoms with van der Waals surface area (Å²) in [5.41, 5.74) is -4.64. The molecular formula is C29H16ClF9N6O2. The van der Waals surface area contributed by atoms with Crippen molar-refractivity contribution < 1.29 is 49.1 Å². The predicted molar refractivity (Wildman–Crippen MR) is 152 cm³/mol. The number of carbonyl (C=O) groups excluding carboxylic acids is 2. The molecule has 18 heteroatoms. The van der Waals surface area contributed by atoms with Gasteiger partial charge in [-0.2, -0.15) is 39.5 Å². The predicted octanol–water partition coefficient (Wildman–Crippen LogP) is 9.00. The second-order valence-electron chi connectivity index (χ2n) is 9.71. The van der Waals surface area contributed by atoms with E-state index in [0.717, 1.165) is 6.07 Å². The summed E-state index contributed by atoms with van der Waals surface area (Å²) in [5, 5.41) is 6.39. The van der Waals surface area contributed by atoms with Crippen LogP contribution in [0, 0.1) is 0 Å². The van der Waals surface area contributed by atoms with Gasteiger partial charge in [-0.3, -0.25) is 9.20 Å². The second-order valence-corrected chi connectivity index (χ2v) is 10.1. The summed E-state index contributed by atoms with van der Waals surface area (Å²) in [4.78, 5) is 33.5. The first kappa shape index (κ1) is 33.1. The SMILES string of the molecule is O=C(Nc1cccc(-c2cnc3c(NC(=O)c4cc(C(F)(F)F)cc(C(F)(F)F)c4)nccn23)c1)Nc1ccc(Cl)c(C(F)(F)F)c1. The zero-order chi connectivity index (χ0) is 34.3. The van der Waals surface area contributed by atoms with Crippen LogP contribution in [-0.2, 0) is 18.5 Å². The van der Waals surface area contributed by atoms with E-state index >= 15 is 0 Å². The number of hydrogen-bond acceptors (Lipinski definition) is 4. The summed E-state index contributed by atoms with van der Waals surface area (Å²) in [6, 6.07) is 8.48. The Bertz CT molecular complexity index is 1970. The Balaban J connectivity index is 1.38. The third-order valence-electron chi connectivity index (χ3n) is 6.46. The Morgan fingerprint density at radius 2 is 1.36 bits per heavy atom. The van der Waals surface area contributed by atoms with Gasteiger partial charge in [0.05, 0.1) is 33.6 Å². The molecule has 0 saturated heterocycles. The first-order chi connectivity index (χ1) is 21.9. The molecule has 3 N–H and O–H groups in total. The van der Waals surface area contributed by atoms with Crippen molar-refractivity contribution >= 4 is 46.4 Å². The van der Waals surface area contributed by atoms with Crippen LogP contribution in [0.1, 0.15) is 27.0 Å². The first-order valence-corrected chi connectivity index (χ1v) is 13.3. The number of alkyl halides is 9. The summed E-state index contributed by atoms with van der Waals surface area (Å²) >= 11 is 5.60. The van der Waals surface area contributed by atoms with Gasteiger partial charge in [-0.1, -0.05) is 23.7 Å². The molecule has 0 aliphatic rings. The molecule has 0 bridgehead atoms. The summed E-state index contributed by atoms with van der Waals surface area (Å²) in [6.07, 6.45) is -11.2. The van der Waals surface area contributed by atoms with Crippen LogP contribution in [-0.4, -0.2) is 26.3 Å². The van der Waals surface area contributed by atoms with E-state index in [4.69, 9.17) is 11.6 Å². The number of nitrogens with zero attached hydrogens (tertiary/aromatic N) is 3. The van der Waals surface area contributed by atoms with Crippen LogP contribution in [0.3, 0.4) is 0 Å². The molecule has 3 amide bonds. The average molecular weight is 687 g/mol. The minimum atomic E-state index is -5.16. The van der Waals surface area contributed by atoms with Crippen LogP contribution in [0.15, 0.2) is 79.3 Å². The Kier molecular flexibility index (Phi) is 8.53. The molecule has 8 nitrogen and oxygen atoms in total. The lowest BCUT2D eigenvalue weighted by Gasteiger charge is -2.14. The van der Waals surface area contributed by atoms with Crippen LogP contribution in [0.5, 0.6) is 0 Å². The van der Waals surface area contributed by atoms with E-state index in [-0.39, 0.29) is 41.0 Å². The van der Waals surface area contributed by atoms with Gasteiger partial charge in [0.1, 0.15) is 0 Å². The summed E-state index contributed by atoms with van der Waals surface area (Å²) in [5.74, 6) is -1.60. The highest BCUT2D eigenvalue weighted by molar-refractivity contribution is 6.31. The molecule has 0 unspecified atom stereocenters. The molecule has 0 aliphatic heterocycles. The van der Waals surface area contributed by atoms with Gasteiger partial charge in [0.15, 0.2) is 11.5 Å².